The number of fused-ring (bicyclic) bond motifs is 2. The van der Waals surface area contributed by atoms with Gasteiger partial charge in [0.15, 0.2) is 0 Å². The molecule has 1 aliphatic heterocycles. The molecule has 31 heavy (non-hydrogen) atoms. The fourth-order valence-electron chi connectivity index (χ4n) is 4.65. The predicted octanol–water partition coefficient (Wildman–Crippen LogP) is 0.470. The summed E-state index contributed by atoms with van der Waals surface area (Å²) in [4.78, 5) is 32.9. The third-order valence-electron chi connectivity index (χ3n) is 6.14. The van der Waals surface area contributed by atoms with Gasteiger partial charge in [0.05, 0.1) is 22.1 Å². The first kappa shape index (κ1) is 22.4. The standard InChI is InChI=1S/C22H24ClN5O2.Na.H/c23-15-6-7-20-18(14-15)25-22(30)28(20)16-8-12-26(13-9-16)10-3-11-27-19-5-2-1-4-17(19)24-21(27)29;;/h1-2,4-7,14,16H,3,8-13H2,(H,24,29)(H,25,30);;/q;+1;-1. The van der Waals surface area contributed by atoms with Crippen molar-refractivity contribution < 1.29 is 31.0 Å². The largest absolute Gasteiger partial charge is 1.00 e. The molecule has 3 heterocycles. The summed E-state index contributed by atoms with van der Waals surface area (Å²) >= 11 is 6.05. The van der Waals surface area contributed by atoms with Crippen LogP contribution in [0.5, 0.6) is 0 Å². The Kier molecular flexibility index (Phi) is 6.79. The van der Waals surface area contributed by atoms with Crippen LogP contribution in [0.2, 0.25) is 5.02 Å². The number of piperidine rings is 1. The summed E-state index contributed by atoms with van der Waals surface area (Å²) in [6.45, 7) is 3.53. The summed E-state index contributed by atoms with van der Waals surface area (Å²) in [5.41, 5.74) is 3.44. The number of para-hydroxylation sites is 2. The van der Waals surface area contributed by atoms with Crippen LogP contribution in [0.25, 0.3) is 22.1 Å². The smallest absolute Gasteiger partial charge is 1.00 e. The van der Waals surface area contributed by atoms with Crippen molar-refractivity contribution in [3.63, 3.8) is 0 Å². The molecule has 0 unspecified atom stereocenters. The molecular weight excluding hydrogens is 425 g/mol. The van der Waals surface area contributed by atoms with Crippen molar-refractivity contribution in [3.8, 4) is 0 Å². The zero-order valence-electron chi connectivity index (χ0n) is 18.6. The van der Waals surface area contributed by atoms with E-state index in [1.165, 1.54) is 0 Å². The predicted molar refractivity (Wildman–Crippen MR) is 121 cm³/mol. The Morgan fingerprint density at radius 3 is 2.48 bits per heavy atom. The molecule has 2 aromatic carbocycles. The van der Waals surface area contributed by atoms with Crippen molar-refractivity contribution in [2.24, 2.45) is 0 Å². The number of nitrogens with zero attached hydrogens (tertiary/aromatic N) is 3. The van der Waals surface area contributed by atoms with Gasteiger partial charge in [-0.2, -0.15) is 0 Å². The van der Waals surface area contributed by atoms with Gasteiger partial charge in [0.25, 0.3) is 0 Å². The van der Waals surface area contributed by atoms with Crippen molar-refractivity contribution in [2.75, 3.05) is 19.6 Å². The maximum absolute atomic E-state index is 12.5. The van der Waals surface area contributed by atoms with Crippen molar-refractivity contribution in [3.05, 3.63) is 68.5 Å². The van der Waals surface area contributed by atoms with Crippen LogP contribution in [0.1, 0.15) is 26.7 Å². The molecule has 5 rings (SSSR count). The maximum atomic E-state index is 12.5. The summed E-state index contributed by atoms with van der Waals surface area (Å²) in [6.07, 6.45) is 2.78. The third kappa shape index (κ3) is 4.43. The number of halogens is 1. The van der Waals surface area contributed by atoms with Gasteiger partial charge in [-0.05, 0) is 56.1 Å². The van der Waals surface area contributed by atoms with Gasteiger partial charge in [-0.25, -0.2) is 9.59 Å². The second-order valence-electron chi connectivity index (χ2n) is 7.99. The molecule has 0 bridgehead atoms. The first-order valence-corrected chi connectivity index (χ1v) is 10.8. The van der Waals surface area contributed by atoms with Gasteiger partial charge in [0.1, 0.15) is 0 Å². The molecule has 0 amide bonds. The van der Waals surface area contributed by atoms with Crippen molar-refractivity contribution in [1.29, 1.82) is 0 Å². The van der Waals surface area contributed by atoms with E-state index in [0.717, 1.165) is 61.0 Å². The van der Waals surface area contributed by atoms with Crippen LogP contribution >= 0.6 is 11.6 Å². The number of aromatic nitrogens is 4. The van der Waals surface area contributed by atoms with E-state index in [4.69, 9.17) is 11.6 Å². The van der Waals surface area contributed by atoms with Gasteiger partial charge in [-0.15, -0.1) is 0 Å². The minimum absolute atomic E-state index is 0. The average molecular weight is 450 g/mol. The molecule has 0 aliphatic carbocycles. The van der Waals surface area contributed by atoms with Gasteiger partial charge < -0.3 is 16.3 Å². The van der Waals surface area contributed by atoms with Crippen molar-refractivity contribution in [1.82, 2.24) is 24.0 Å². The first-order valence-electron chi connectivity index (χ1n) is 10.4. The molecule has 7 nitrogen and oxygen atoms in total. The van der Waals surface area contributed by atoms with Gasteiger partial charge in [-0.3, -0.25) is 9.13 Å². The topological polar surface area (TPSA) is 78.8 Å². The van der Waals surface area contributed by atoms with Crippen molar-refractivity contribution >= 4 is 33.7 Å². The molecule has 1 aliphatic rings. The SMILES string of the molecule is O=c1[nH]c2ccccc2n1CCCN1CCC(n2c(=O)[nH]c3cc(Cl)ccc32)CC1.[H-].[Na+]. The van der Waals surface area contributed by atoms with Crippen LogP contribution in [0.4, 0.5) is 0 Å². The summed E-state index contributed by atoms with van der Waals surface area (Å²) in [5.74, 6) is 0. The second-order valence-corrected chi connectivity index (χ2v) is 8.42. The van der Waals surface area contributed by atoms with E-state index in [2.05, 4.69) is 14.9 Å². The molecule has 1 saturated heterocycles. The number of aromatic amines is 2. The van der Waals surface area contributed by atoms with E-state index in [9.17, 15) is 9.59 Å². The number of imidazole rings is 2. The van der Waals surface area contributed by atoms with Crippen molar-refractivity contribution in [2.45, 2.75) is 31.8 Å². The average Bonchev–Trinajstić information content (AvgIpc) is 3.23. The number of aryl methyl sites for hydroxylation is 1. The fraction of sp³-hybridized carbons (Fsp3) is 0.364. The number of hydrogen-bond acceptors (Lipinski definition) is 3. The molecule has 9 heteroatoms. The summed E-state index contributed by atoms with van der Waals surface area (Å²) in [7, 11) is 0. The number of rotatable bonds is 5. The number of nitrogens with one attached hydrogen (secondary N) is 2. The number of benzene rings is 2. The summed E-state index contributed by atoms with van der Waals surface area (Å²) in [6, 6.07) is 13.5. The molecule has 4 aromatic rings. The normalized spacial score (nSPS) is 15.5. The van der Waals surface area contributed by atoms with E-state index < -0.39 is 0 Å². The van der Waals surface area contributed by atoms with E-state index in [0.29, 0.717) is 11.6 Å². The van der Waals surface area contributed by atoms with Crippen LogP contribution in [-0.2, 0) is 6.54 Å². The van der Waals surface area contributed by atoms with Crippen LogP contribution in [0.15, 0.2) is 52.1 Å². The van der Waals surface area contributed by atoms with Gasteiger partial charge in [0.2, 0.25) is 0 Å². The van der Waals surface area contributed by atoms with Crippen LogP contribution < -0.4 is 40.9 Å². The third-order valence-corrected chi connectivity index (χ3v) is 6.37. The van der Waals surface area contributed by atoms with Gasteiger partial charge >= 0.3 is 40.9 Å². The van der Waals surface area contributed by atoms with Crippen LogP contribution in [0.3, 0.4) is 0 Å². The Bertz CT molecular complexity index is 1320. The second kappa shape index (κ2) is 9.38. The summed E-state index contributed by atoms with van der Waals surface area (Å²) < 4.78 is 3.70. The zero-order valence-corrected chi connectivity index (χ0v) is 20.4. The van der Waals surface area contributed by atoms with E-state index >= 15 is 0 Å². The van der Waals surface area contributed by atoms with Gasteiger partial charge in [0, 0.05) is 30.7 Å². The molecule has 0 radical (unpaired) electrons. The summed E-state index contributed by atoms with van der Waals surface area (Å²) in [5, 5.41) is 0.625. The van der Waals surface area contributed by atoms with E-state index in [-0.39, 0.29) is 48.4 Å². The van der Waals surface area contributed by atoms with Gasteiger partial charge in [-0.1, -0.05) is 23.7 Å². The Labute approximate surface area is 207 Å². The quantitative estimate of drug-likeness (QED) is 0.435. The van der Waals surface area contributed by atoms with Crippen LogP contribution in [-0.4, -0.2) is 43.6 Å². The Morgan fingerprint density at radius 2 is 1.68 bits per heavy atom. The van der Waals surface area contributed by atoms with E-state index in [1.807, 2.05) is 45.5 Å². The Hall–Kier alpha value is -1.77. The molecule has 2 aromatic heterocycles. The number of likely N-dealkylation sites (tertiary alicyclic amines) is 1. The molecule has 0 spiro atoms. The number of hydrogen-bond donors (Lipinski definition) is 2. The Balaban J connectivity index is 0.00000144. The molecule has 1 fully saturated rings. The molecule has 2 N–H and O–H groups in total. The minimum Gasteiger partial charge on any atom is -1.00 e. The zero-order chi connectivity index (χ0) is 20.7. The van der Waals surface area contributed by atoms with E-state index in [1.54, 1.807) is 6.07 Å². The molecule has 0 saturated carbocycles. The molecule has 0 atom stereocenters. The fourth-order valence-corrected chi connectivity index (χ4v) is 4.82. The maximum Gasteiger partial charge on any atom is 1.00 e. The minimum atomic E-state index is -0.0653. The first-order chi connectivity index (χ1) is 14.6. The molecular formula is C22H25ClN5NaO2. The molecule has 158 valence electrons. The van der Waals surface area contributed by atoms with Crippen LogP contribution in [0, 0.1) is 0 Å². The Morgan fingerprint density at radius 1 is 0.935 bits per heavy atom. The monoisotopic (exact) mass is 449 g/mol. The number of H-pyrrole nitrogens is 2.